The Morgan fingerprint density at radius 3 is 1.38 bits per heavy atom. The molecule has 1 aliphatic rings. The van der Waals surface area contributed by atoms with Crippen molar-refractivity contribution in [3.8, 4) is 0 Å². The Labute approximate surface area is 61.3 Å². The summed E-state index contributed by atoms with van der Waals surface area (Å²) in [5, 5.41) is 0. The Morgan fingerprint density at radius 2 is 1.38 bits per heavy atom. The fourth-order valence-electron chi connectivity index (χ4n) is 0. The molecular formula is C2H5ClHgO4. The van der Waals surface area contributed by atoms with Crippen molar-refractivity contribution < 1.29 is 53.5 Å². The molecule has 4 nitrogen and oxygen atoms in total. The summed E-state index contributed by atoms with van der Waals surface area (Å²) in [7, 11) is -4.69. The van der Waals surface area contributed by atoms with Crippen LogP contribution in [-0.2, 0) is 24.6 Å². The first-order valence-electron chi connectivity index (χ1n) is 2.13. The van der Waals surface area contributed by atoms with Crippen molar-refractivity contribution in [3.05, 3.63) is 0 Å². The Hall–Kier alpha value is 1.07. The summed E-state index contributed by atoms with van der Waals surface area (Å²) in [5.41, 5.74) is 0. The maximum atomic E-state index is 8.60. The molecule has 0 aromatic carbocycles. The zero-order valence-corrected chi connectivity index (χ0v) is 10.4. The quantitative estimate of drug-likeness (QED) is 0.474. The average Bonchev–Trinajstić information content (AvgIpc) is 1.95. The van der Waals surface area contributed by atoms with Gasteiger partial charge >= 0.3 is 32.4 Å². The van der Waals surface area contributed by atoms with E-state index in [1.165, 1.54) is 0 Å². The van der Waals surface area contributed by atoms with Crippen LogP contribution in [0.4, 0.5) is 0 Å². The predicted molar refractivity (Wildman–Crippen MR) is 11.8 cm³/mol. The number of hydrogen-bond donors (Lipinski definition) is 1. The molecule has 0 amide bonds. The summed E-state index contributed by atoms with van der Waals surface area (Å²) < 4.78 is 36.2. The molecule has 1 heterocycles. The summed E-state index contributed by atoms with van der Waals surface area (Å²) in [5.74, 6) is 0. The van der Waals surface area contributed by atoms with Gasteiger partial charge in [0.25, 0.3) is 0 Å². The van der Waals surface area contributed by atoms with Crippen molar-refractivity contribution in [1.82, 2.24) is 0 Å². The fourth-order valence-corrected chi connectivity index (χ4v) is 0. The molecular weight excluding hydrogens is 324 g/mol. The normalized spacial score (nSPS) is 14.5. The van der Waals surface area contributed by atoms with Crippen LogP contribution in [0.1, 0.15) is 0 Å². The molecule has 0 spiro atoms. The first-order chi connectivity index (χ1) is 3.50. The Bertz CT molecular complexity index is 50.8. The molecule has 1 N–H and O–H groups in total. The van der Waals surface area contributed by atoms with Crippen LogP contribution < -0.4 is 14.0 Å². The van der Waals surface area contributed by atoms with Crippen molar-refractivity contribution in [3.63, 3.8) is 0 Å². The number of hydrogen-bond acceptors (Lipinski definition) is 4. The molecule has 0 bridgehead atoms. The molecule has 46 valence electrons. The van der Waals surface area contributed by atoms with E-state index in [2.05, 4.69) is 0 Å². The SMILES string of the molecule is [CH2]1[CH2][Hg]1.[O-][Cl+3]([O-])([O-])O. The van der Waals surface area contributed by atoms with Crippen LogP contribution in [0.25, 0.3) is 0 Å². The zero-order valence-electron chi connectivity index (χ0n) is 4.17. The van der Waals surface area contributed by atoms with Gasteiger partial charge in [0.15, 0.2) is 0 Å². The third-order valence-corrected chi connectivity index (χ3v) is 3.10. The van der Waals surface area contributed by atoms with E-state index in [4.69, 9.17) is 18.6 Å². The zero-order chi connectivity index (χ0) is 6.62. The molecule has 0 atom stereocenters. The third-order valence-electron chi connectivity index (χ3n) is 0.354. The van der Waals surface area contributed by atoms with Gasteiger partial charge < -0.3 is 0 Å². The van der Waals surface area contributed by atoms with Crippen molar-refractivity contribution in [2.75, 3.05) is 0 Å². The minimum absolute atomic E-state index is 0.167. The molecule has 6 heteroatoms. The van der Waals surface area contributed by atoms with E-state index in [0.717, 1.165) is 0 Å². The second-order valence-electron chi connectivity index (χ2n) is 1.46. The van der Waals surface area contributed by atoms with E-state index in [0.29, 0.717) is 0 Å². The van der Waals surface area contributed by atoms with Crippen LogP contribution in [0.2, 0.25) is 7.86 Å². The van der Waals surface area contributed by atoms with E-state index in [1.54, 1.807) is 7.86 Å². The topological polar surface area (TPSA) is 89.4 Å². The van der Waals surface area contributed by atoms with Crippen LogP contribution in [0.5, 0.6) is 0 Å². The predicted octanol–water partition coefficient (Wildman–Crippen LogP) is -3.20. The van der Waals surface area contributed by atoms with E-state index in [9.17, 15) is 0 Å². The van der Waals surface area contributed by atoms with Crippen molar-refractivity contribution in [1.29, 1.82) is 0 Å². The van der Waals surface area contributed by atoms with Gasteiger partial charge in [-0.25, -0.2) is 0 Å². The van der Waals surface area contributed by atoms with Crippen LogP contribution in [0.3, 0.4) is 0 Å². The smallest absolute Gasteiger partial charge is 0.0777 e. The molecule has 0 radical (unpaired) electrons. The Morgan fingerprint density at radius 1 is 1.25 bits per heavy atom. The largest absolute Gasteiger partial charge is 0.183 e. The summed E-state index contributed by atoms with van der Waals surface area (Å²) in [4.78, 5) is 0. The molecule has 1 rings (SSSR count). The number of halogens is 1. The van der Waals surface area contributed by atoms with Gasteiger partial charge in [-0.05, 0) is 0 Å². The Kier molecular flexibility index (Phi) is 4.50. The molecule has 0 aliphatic carbocycles. The third kappa shape index (κ3) is 60.9. The summed E-state index contributed by atoms with van der Waals surface area (Å²) in [6.45, 7) is 0. The minimum Gasteiger partial charge on any atom is -0.183 e. The van der Waals surface area contributed by atoms with Gasteiger partial charge in [0, 0.05) is 0 Å². The van der Waals surface area contributed by atoms with Crippen LogP contribution in [-0.4, -0.2) is 4.66 Å². The second-order valence-corrected chi connectivity index (χ2v) is 10.5. The first-order valence-corrected chi connectivity index (χ1v) is 11.2. The molecule has 0 aromatic rings. The molecule has 0 saturated carbocycles. The first kappa shape index (κ1) is 9.07. The van der Waals surface area contributed by atoms with Crippen molar-refractivity contribution in [2.24, 2.45) is 0 Å². The molecule has 1 fully saturated rings. The average molecular weight is 329 g/mol. The van der Waals surface area contributed by atoms with Gasteiger partial charge in [0.05, 0.1) is 14.9 Å². The standard InChI is InChI=1S/C2H4.ClHO4.Hg/c1-2;2-1(3,4)5;/h1-2H2;(H,2,3,4,5);. The maximum Gasteiger partial charge on any atom is 0.0777 e. The van der Waals surface area contributed by atoms with E-state index < -0.39 is 10.2 Å². The number of rotatable bonds is 0. The van der Waals surface area contributed by atoms with Gasteiger partial charge in [0.1, 0.15) is 0 Å². The van der Waals surface area contributed by atoms with Gasteiger partial charge in [-0.15, -0.1) is 0 Å². The van der Waals surface area contributed by atoms with Crippen molar-refractivity contribution in [2.45, 2.75) is 7.86 Å². The molecule has 1 saturated heterocycles. The molecule has 1 aliphatic heterocycles. The van der Waals surface area contributed by atoms with Gasteiger partial charge in [-0.3, -0.25) is 0 Å². The second kappa shape index (κ2) is 3.97. The molecule has 0 unspecified atom stereocenters. The monoisotopic (exact) mass is 330 g/mol. The van der Waals surface area contributed by atoms with Gasteiger partial charge in [-0.1, -0.05) is 0 Å². The van der Waals surface area contributed by atoms with Crippen LogP contribution in [0, 0.1) is 10.2 Å². The van der Waals surface area contributed by atoms with Crippen molar-refractivity contribution >= 4 is 0 Å². The van der Waals surface area contributed by atoms with E-state index in [1.807, 2.05) is 0 Å². The summed E-state index contributed by atoms with van der Waals surface area (Å²) in [6, 6.07) is 0. The van der Waals surface area contributed by atoms with Crippen LogP contribution >= 0.6 is 0 Å². The van der Waals surface area contributed by atoms with Gasteiger partial charge in [0.2, 0.25) is 0 Å². The Balaban J connectivity index is 0.000000135. The minimum atomic E-state index is -4.69. The fraction of sp³-hybridized carbons (Fsp3) is 1.00. The van der Waals surface area contributed by atoms with Gasteiger partial charge in [-0.2, -0.15) is 14.0 Å². The summed E-state index contributed by atoms with van der Waals surface area (Å²) >= 11 is 0.167. The molecule has 8 heavy (non-hydrogen) atoms. The van der Waals surface area contributed by atoms with Crippen LogP contribution in [0.15, 0.2) is 0 Å². The summed E-state index contributed by atoms with van der Waals surface area (Å²) in [6.07, 6.45) is 0. The van der Waals surface area contributed by atoms with E-state index >= 15 is 0 Å². The van der Waals surface area contributed by atoms with E-state index in [-0.39, 0.29) is 24.6 Å². The molecule has 0 aromatic heterocycles. The maximum absolute atomic E-state index is 8.60.